The normalized spacial score (nSPS) is 9.42. The second-order valence-electron chi connectivity index (χ2n) is 2.33. The van der Waals surface area contributed by atoms with E-state index in [4.69, 9.17) is 10.5 Å². The zero-order chi connectivity index (χ0) is 8.97. The van der Waals surface area contributed by atoms with Gasteiger partial charge in [-0.05, 0) is 19.1 Å². The molecule has 12 heavy (non-hydrogen) atoms. The van der Waals surface area contributed by atoms with Gasteiger partial charge in [-0.25, -0.2) is 4.98 Å². The first-order valence-electron chi connectivity index (χ1n) is 3.77. The minimum atomic E-state index is 0.503. The highest BCUT2D eigenvalue weighted by Crippen LogP contribution is 2.12. The van der Waals surface area contributed by atoms with Gasteiger partial charge in [-0.15, -0.1) is 0 Å². The lowest BCUT2D eigenvalue weighted by atomic mass is 10.2. The fourth-order valence-electron chi connectivity index (χ4n) is 0.828. The Labute approximate surface area is 71.9 Å². The first-order valence-corrected chi connectivity index (χ1v) is 3.77. The van der Waals surface area contributed by atoms with Crippen molar-refractivity contribution in [1.29, 1.82) is 0 Å². The highest BCUT2D eigenvalue weighted by Gasteiger charge is 1.97. The molecule has 1 heterocycles. The molecule has 0 bridgehead atoms. The summed E-state index contributed by atoms with van der Waals surface area (Å²) in [5.74, 6) is 1.13. The fourth-order valence-corrected chi connectivity index (χ4v) is 0.828. The summed E-state index contributed by atoms with van der Waals surface area (Å²) in [6.45, 7) is 6.27. The molecule has 0 amide bonds. The van der Waals surface area contributed by atoms with Crippen molar-refractivity contribution in [2.45, 2.75) is 6.92 Å². The van der Waals surface area contributed by atoms with Crippen molar-refractivity contribution in [3.8, 4) is 0 Å². The summed E-state index contributed by atoms with van der Waals surface area (Å²) in [7, 11) is 0. The third kappa shape index (κ3) is 1.99. The van der Waals surface area contributed by atoms with Crippen LogP contribution in [-0.2, 0) is 4.74 Å². The van der Waals surface area contributed by atoms with E-state index in [1.807, 2.05) is 13.0 Å². The molecule has 0 aliphatic carbocycles. The average molecular weight is 164 g/mol. The van der Waals surface area contributed by atoms with Crippen LogP contribution in [0.4, 0.5) is 5.82 Å². The van der Waals surface area contributed by atoms with E-state index in [0.29, 0.717) is 18.2 Å². The molecule has 0 fully saturated rings. The molecule has 0 aliphatic heterocycles. The number of aromatic nitrogens is 1. The third-order valence-corrected chi connectivity index (χ3v) is 1.43. The minimum Gasteiger partial charge on any atom is -0.494 e. The van der Waals surface area contributed by atoms with Crippen molar-refractivity contribution in [1.82, 2.24) is 4.98 Å². The van der Waals surface area contributed by atoms with Gasteiger partial charge < -0.3 is 10.5 Å². The van der Waals surface area contributed by atoms with Crippen LogP contribution in [0.15, 0.2) is 24.9 Å². The van der Waals surface area contributed by atoms with Gasteiger partial charge in [0.15, 0.2) is 0 Å². The lowest BCUT2D eigenvalue weighted by Gasteiger charge is -2.05. The number of hydrogen-bond acceptors (Lipinski definition) is 3. The highest BCUT2D eigenvalue weighted by molar-refractivity contribution is 5.57. The molecule has 0 aromatic carbocycles. The van der Waals surface area contributed by atoms with Gasteiger partial charge in [-0.3, -0.25) is 0 Å². The number of nitrogen functional groups attached to an aromatic ring is 1. The Kier molecular flexibility index (Phi) is 2.69. The molecule has 0 unspecified atom stereocenters. The van der Waals surface area contributed by atoms with Gasteiger partial charge in [0.05, 0.1) is 6.61 Å². The van der Waals surface area contributed by atoms with E-state index < -0.39 is 0 Å². The molecule has 3 heteroatoms. The van der Waals surface area contributed by atoms with Gasteiger partial charge in [0, 0.05) is 11.8 Å². The summed E-state index contributed by atoms with van der Waals surface area (Å²) < 4.78 is 5.19. The topological polar surface area (TPSA) is 48.1 Å². The molecule has 0 saturated carbocycles. The molecular formula is C9H12N2O. The molecule has 1 aromatic heterocycles. The van der Waals surface area contributed by atoms with Crippen LogP contribution in [0.5, 0.6) is 0 Å². The van der Waals surface area contributed by atoms with Crippen LogP contribution >= 0.6 is 0 Å². The van der Waals surface area contributed by atoms with Gasteiger partial charge in [-0.2, -0.15) is 0 Å². The predicted octanol–water partition coefficient (Wildman–Crippen LogP) is 1.67. The van der Waals surface area contributed by atoms with Crippen LogP contribution in [-0.4, -0.2) is 11.6 Å². The largest absolute Gasteiger partial charge is 0.494 e. The van der Waals surface area contributed by atoms with Gasteiger partial charge >= 0.3 is 0 Å². The monoisotopic (exact) mass is 164 g/mol. The Bertz CT molecular complexity index is 266. The molecule has 0 spiro atoms. The Balaban J connectivity index is 2.75. The van der Waals surface area contributed by atoms with Crippen molar-refractivity contribution in [3.05, 3.63) is 30.5 Å². The second kappa shape index (κ2) is 3.76. The maximum Gasteiger partial charge on any atom is 0.123 e. The van der Waals surface area contributed by atoms with Crippen LogP contribution < -0.4 is 5.73 Å². The van der Waals surface area contributed by atoms with E-state index in [-0.39, 0.29) is 0 Å². The molecule has 0 saturated heterocycles. The molecule has 0 radical (unpaired) electrons. The molecule has 3 nitrogen and oxygen atoms in total. The molecule has 0 aliphatic rings. The number of anilines is 1. The number of rotatable bonds is 3. The number of pyridine rings is 1. The van der Waals surface area contributed by atoms with Crippen molar-refractivity contribution in [2.75, 3.05) is 12.3 Å². The molecule has 0 atom stereocenters. The van der Waals surface area contributed by atoms with Crippen molar-refractivity contribution in [2.24, 2.45) is 0 Å². The van der Waals surface area contributed by atoms with Crippen molar-refractivity contribution in [3.63, 3.8) is 0 Å². The van der Waals surface area contributed by atoms with Crippen LogP contribution in [0.3, 0.4) is 0 Å². The Morgan fingerprint density at radius 2 is 2.42 bits per heavy atom. The molecule has 1 aromatic rings. The SMILES string of the molecule is C=C(OCC)c1ccc(N)nc1. The summed E-state index contributed by atoms with van der Waals surface area (Å²) in [5, 5.41) is 0. The molecule has 2 N–H and O–H groups in total. The zero-order valence-corrected chi connectivity index (χ0v) is 7.08. The van der Waals surface area contributed by atoms with E-state index in [1.165, 1.54) is 0 Å². The van der Waals surface area contributed by atoms with E-state index in [0.717, 1.165) is 5.56 Å². The summed E-state index contributed by atoms with van der Waals surface area (Å²) in [6.07, 6.45) is 1.65. The van der Waals surface area contributed by atoms with Crippen molar-refractivity contribution >= 4 is 11.6 Å². The first-order chi connectivity index (χ1) is 5.74. The maximum absolute atomic E-state index is 5.42. The first kappa shape index (κ1) is 8.59. The van der Waals surface area contributed by atoms with E-state index >= 15 is 0 Å². The van der Waals surface area contributed by atoms with Crippen LogP contribution in [0.2, 0.25) is 0 Å². The van der Waals surface area contributed by atoms with Gasteiger partial charge in [0.1, 0.15) is 11.6 Å². The predicted molar refractivity (Wildman–Crippen MR) is 49.3 cm³/mol. The fraction of sp³-hybridized carbons (Fsp3) is 0.222. The van der Waals surface area contributed by atoms with Crippen LogP contribution in [0, 0.1) is 0 Å². The van der Waals surface area contributed by atoms with Crippen molar-refractivity contribution < 1.29 is 4.74 Å². The number of ether oxygens (including phenoxy) is 1. The Morgan fingerprint density at radius 3 is 2.92 bits per heavy atom. The lowest BCUT2D eigenvalue weighted by molar-refractivity contribution is 0.299. The van der Waals surface area contributed by atoms with Gasteiger partial charge in [-0.1, -0.05) is 6.58 Å². The van der Waals surface area contributed by atoms with E-state index in [1.54, 1.807) is 12.3 Å². The number of hydrogen-bond donors (Lipinski definition) is 1. The lowest BCUT2D eigenvalue weighted by Crippen LogP contribution is -1.93. The van der Waals surface area contributed by atoms with Gasteiger partial charge in [0.25, 0.3) is 0 Å². The summed E-state index contributed by atoms with van der Waals surface area (Å²) >= 11 is 0. The third-order valence-electron chi connectivity index (χ3n) is 1.43. The second-order valence-corrected chi connectivity index (χ2v) is 2.33. The van der Waals surface area contributed by atoms with Crippen LogP contribution in [0.25, 0.3) is 5.76 Å². The van der Waals surface area contributed by atoms with Crippen LogP contribution in [0.1, 0.15) is 12.5 Å². The molecular weight excluding hydrogens is 152 g/mol. The quantitative estimate of drug-likeness (QED) is 0.691. The summed E-state index contributed by atoms with van der Waals surface area (Å²) in [4.78, 5) is 3.92. The highest BCUT2D eigenvalue weighted by atomic mass is 16.5. The summed E-state index contributed by atoms with van der Waals surface area (Å²) in [5.41, 5.74) is 6.29. The van der Waals surface area contributed by atoms with E-state index in [9.17, 15) is 0 Å². The zero-order valence-electron chi connectivity index (χ0n) is 7.08. The van der Waals surface area contributed by atoms with E-state index in [2.05, 4.69) is 11.6 Å². The Morgan fingerprint density at radius 1 is 1.67 bits per heavy atom. The minimum absolute atomic E-state index is 0.503. The summed E-state index contributed by atoms with van der Waals surface area (Å²) in [6, 6.07) is 3.56. The Hall–Kier alpha value is -1.51. The average Bonchev–Trinajstić information content (AvgIpc) is 2.06. The smallest absolute Gasteiger partial charge is 0.123 e. The molecule has 64 valence electrons. The van der Waals surface area contributed by atoms with Gasteiger partial charge in [0.2, 0.25) is 0 Å². The standard InChI is InChI=1S/C9H12N2O/c1-3-12-7(2)8-4-5-9(10)11-6-8/h4-6H,2-3H2,1H3,(H2,10,11). The number of nitrogens with zero attached hydrogens (tertiary/aromatic N) is 1. The number of nitrogens with two attached hydrogens (primary N) is 1. The maximum atomic E-state index is 5.42. The molecule has 1 rings (SSSR count).